The average Bonchev–Trinajstić information content (AvgIpc) is 2.03. The molecule has 0 N–H and O–H groups in total. The van der Waals surface area contributed by atoms with Gasteiger partial charge in [0.05, 0.1) is 7.11 Å². The number of hydrogen-bond donors (Lipinski definition) is 0. The second-order valence-electron chi connectivity index (χ2n) is 3.25. The Morgan fingerprint density at radius 2 is 2.17 bits per heavy atom. The molecule has 0 aromatic carbocycles. The lowest BCUT2D eigenvalue weighted by atomic mass is 10.1. The van der Waals surface area contributed by atoms with E-state index in [1.54, 1.807) is 0 Å². The summed E-state index contributed by atoms with van der Waals surface area (Å²) in [7, 11) is 1.39. The molecule has 0 bridgehead atoms. The summed E-state index contributed by atoms with van der Waals surface area (Å²) < 4.78 is 4.45. The van der Waals surface area contributed by atoms with Crippen LogP contribution in [-0.2, 0) is 9.53 Å². The second kappa shape index (κ2) is 6.89. The normalized spacial score (nSPS) is 11.0. The first-order valence-corrected chi connectivity index (χ1v) is 4.41. The molecule has 0 fully saturated rings. The van der Waals surface area contributed by atoms with E-state index < -0.39 is 0 Å². The smallest absolute Gasteiger partial charge is 0.330 e. The zero-order valence-corrected chi connectivity index (χ0v) is 8.17. The number of carbonyl (C=O) groups excluding carboxylic acids is 1. The molecule has 0 spiro atoms. The van der Waals surface area contributed by atoms with Gasteiger partial charge in [-0.3, -0.25) is 0 Å². The van der Waals surface area contributed by atoms with Crippen LogP contribution in [0.5, 0.6) is 0 Å². The fraction of sp³-hybridized carbons (Fsp3) is 0.700. The van der Waals surface area contributed by atoms with Gasteiger partial charge in [-0.25, -0.2) is 4.79 Å². The molecule has 0 radical (unpaired) electrons. The number of unbranched alkanes of at least 4 members (excludes halogenated alkanes) is 1. The highest BCUT2D eigenvalue weighted by molar-refractivity contribution is 5.81. The van der Waals surface area contributed by atoms with Crippen LogP contribution in [0.25, 0.3) is 0 Å². The number of ether oxygens (including phenoxy) is 1. The Hall–Kier alpha value is -0.790. The Morgan fingerprint density at radius 1 is 1.50 bits per heavy atom. The van der Waals surface area contributed by atoms with Crippen LogP contribution >= 0.6 is 0 Å². The van der Waals surface area contributed by atoms with Crippen molar-refractivity contribution >= 4 is 5.97 Å². The minimum atomic E-state index is -0.264. The molecule has 0 aliphatic rings. The number of esters is 1. The monoisotopic (exact) mass is 170 g/mol. The van der Waals surface area contributed by atoms with E-state index >= 15 is 0 Å². The van der Waals surface area contributed by atoms with Crippen molar-refractivity contribution < 1.29 is 9.53 Å². The van der Waals surface area contributed by atoms with Crippen LogP contribution in [0.3, 0.4) is 0 Å². The summed E-state index contributed by atoms with van der Waals surface area (Å²) in [5, 5.41) is 0. The third kappa shape index (κ3) is 7.32. The van der Waals surface area contributed by atoms with Crippen LogP contribution in [-0.4, -0.2) is 13.1 Å². The summed E-state index contributed by atoms with van der Waals surface area (Å²) in [5.41, 5.74) is 0. The molecule has 0 heterocycles. The van der Waals surface area contributed by atoms with Gasteiger partial charge >= 0.3 is 5.97 Å². The molecule has 0 atom stereocenters. The first kappa shape index (κ1) is 11.2. The molecule has 0 amide bonds. The third-order valence-corrected chi connectivity index (χ3v) is 1.61. The number of allylic oxidation sites excluding steroid dienone is 1. The summed E-state index contributed by atoms with van der Waals surface area (Å²) in [6, 6.07) is 0. The number of hydrogen-bond acceptors (Lipinski definition) is 2. The van der Waals surface area contributed by atoms with Gasteiger partial charge in [0.2, 0.25) is 0 Å². The van der Waals surface area contributed by atoms with E-state index in [0.29, 0.717) is 0 Å². The van der Waals surface area contributed by atoms with Gasteiger partial charge < -0.3 is 4.74 Å². The van der Waals surface area contributed by atoms with Gasteiger partial charge in [-0.1, -0.05) is 26.3 Å². The van der Waals surface area contributed by atoms with E-state index in [4.69, 9.17) is 0 Å². The molecule has 70 valence electrons. The number of rotatable bonds is 5. The summed E-state index contributed by atoms with van der Waals surface area (Å²) in [4.78, 5) is 10.6. The Bertz CT molecular complexity index is 148. The van der Waals surface area contributed by atoms with Gasteiger partial charge in [0.1, 0.15) is 0 Å². The average molecular weight is 170 g/mol. The standard InChI is InChI=1S/C10H18O2/c1-9(2)7-5-4-6-8-10(11)12-3/h6,8-9H,4-5,7H2,1-3H3/b8-6+. The van der Waals surface area contributed by atoms with E-state index in [2.05, 4.69) is 18.6 Å². The van der Waals surface area contributed by atoms with Gasteiger partial charge in [-0.15, -0.1) is 0 Å². The van der Waals surface area contributed by atoms with E-state index in [1.165, 1.54) is 19.6 Å². The zero-order chi connectivity index (χ0) is 9.40. The van der Waals surface area contributed by atoms with E-state index in [9.17, 15) is 4.79 Å². The van der Waals surface area contributed by atoms with Crippen LogP contribution in [0, 0.1) is 5.92 Å². The molecule has 2 heteroatoms. The van der Waals surface area contributed by atoms with Crippen LogP contribution in [0.2, 0.25) is 0 Å². The quantitative estimate of drug-likeness (QED) is 0.360. The molecule has 0 rings (SSSR count). The molecule has 0 unspecified atom stereocenters. The van der Waals surface area contributed by atoms with Crippen molar-refractivity contribution in [1.29, 1.82) is 0 Å². The molecule has 0 aliphatic heterocycles. The minimum absolute atomic E-state index is 0.264. The van der Waals surface area contributed by atoms with Crippen molar-refractivity contribution in [2.75, 3.05) is 7.11 Å². The molecule has 0 saturated heterocycles. The fourth-order valence-corrected chi connectivity index (χ4v) is 0.892. The maximum absolute atomic E-state index is 10.6. The van der Waals surface area contributed by atoms with Gasteiger partial charge in [-0.2, -0.15) is 0 Å². The van der Waals surface area contributed by atoms with Gasteiger partial charge in [0, 0.05) is 6.08 Å². The highest BCUT2D eigenvalue weighted by Crippen LogP contribution is 2.06. The zero-order valence-electron chi connectivity index (χ0n) is 8.17. The maximum atomic E-state index is 10.6. The summed E-state index contributed by atoms with van der Waals surface area (Å²) in [6.45, 7) is 4.40. The van der Waals surface area contributed by atoms with Crippen molar-refractivity contribution in [3.63, 3.8) is 0 Å². The van der Waals surface area contributed by atoms with E-state index in [0.717, 1.165) is 18.8 Å². The minimum Gasteiger partial charge on any atom is -0.466 e. The molecule has 0 saturated carbocycles. The van der Waals surface area contributed by atoms with Crippen LogP contribution < -0.4 is 0 Å². The van der Waals surface area contributed by atoms with Crippen molar-refractivity contribution in [2.24, 2.45) is 5.92 Å². The highest BCUT2D eigenvalue weighted by Gasteiger charge is 1.92. The number of carbonyl (C=O) groups is 1. The van der Waals surface area contributed by atoms with Crippen LogP contribution in [0.15, 0.2) is 12.2 Å². The lowest BCUT2D eigenvalue weighted by Crippen LogP contribution is -1.93. The Morgan fingerprint density at radius 3 is 2.67 bits per heavy atom. The SMILES string of the molecule is COC(=O)/C=C/CCCC(C)C. The van der Waals surface area contributed by atoms with Crippen molar-refractivity contribution in [3.05, 3.63) is 12.2 Å². The lowest BCUT2D eigenvalue weighted by molar-refractivity contribution is -0.134. The van der Waals surface area contributed by atoms with Crippen LogP contribution in [0.1, 0.15) is 33.1 Å². The molecule has 0 aliphatic carbocycles. The van der Waals surface area contributed by atoms with E-state index in [1.807, 2.05) is 6.08 Å². The third-order valence-electron chi connectivity index (χ3n) is 1.61. The van der Waals surface area contributed by atoms with Crippen molar-refractivity contribution in [2.45, 2.75) is 33.1 Å². The largest absolute Gasteiger partial charge is 0.466 e. The Balaban J connectivity index is 3.30. The summed E-state index contributed by atoms with van der Waals surface area (Å²) >= 11 is 0. The highest BCUT2D eigenvalue weighted by atomic mass is 16.5. The molecule has 12 heavy (non-hydrogen) atoms. The predicted octanol–water partition coefficient (Wildman–Crippen LogP) is 2.54. The summed E-state index contributed by atoms with van der Waals surface area (Å²) in [6.07, 6.45) is 6.68. The molecular weight excluding hydrogens is 152 g/mol. The maximum Gasteiger partial charge on any atom is 0.330 e. The first-order chi connectivity index (χ1) is 5.66. The topological polar surface area (TPSA) is 26.3 Å². The Labute approximate surface area is 74.6 Å². The van der Waals surface area contributed by atoms with Crippen LogP contribution in [0.4, 0.5) is 0 Å². The first-order valence-electron chi connectivity index (χ1n) is 4.41. The summed E-state index contributed by atoms with van der Waals surface area (Å²) in [5.74, 6) is 0.482. The van der Waals surface area contributed by atoms with Gasteiger partial charge in [0.25, 0.3) is 0 Å². The Kier molecular flexibility index (Phi) is 6.44. The predicted molar refractivity (Wildman–Crippen MR) is 49.8 cm³/mol. The molecular formula is C10H18O2. The second-order valence-corrected chi connectivity index (χ2v) is 3.25. The van der Waals surface area contributed by atoms with Gasteiger partial charge in [-0.05, 0) is 18.8 Å². The number of methoxy groups -OCH3 is 1. The van der Waals surface area contributed by atoms with Crippen molar-refractivity contribution in [3.8, 4) is 0 Å². The fourth-order valence-electron chi connectivity index (χ4n) is 0.892. The van der Waals surface area contributed by atoms with Gasteiger partial charge in [0.15, 0.2) is 0 Å². The lowest BCUT2D eigenvalue weighted by Gasteiger charge is -2.00. The van der Waals surface area contributed by atoms with E-state index in [-0.39, 0.29) is 5.97 Å². The van der Waals surface area contributed by atoms with Crippen molar-refractivity contribution in [1.82, 2.24) is 0 Å². The molecule has 2 nitrogen and oxygen atoms in total. The molecule has 0 aromatic heterocycles. The molecule has 0 aromatic rings.